The van der Waals surface area contributed by atoms with Crippen LogP contribution in [0.25, 0.3) is 0 Å². The molecule has 1 saturated heterocycles. The minimum absolute atomic E-state index is 0.0893. The summed E-state index contributed by atoms with van der Waals surface area (Å²) in [5.41, 5.74) is -0.0109. The number of methoxy groups -OCH3 is 1. The molecular weight excluding hydrogens is 374 g/mol. The molecule has 3 unspecified atom stereocenters. The van der Waals surface area contributed by atoms with E-state index in [0.29, 0.717) is 5.56 Å². The molecule has 1 N–H and O–H groups in total. The van der Waals surface area contributed by atoms with Crippen LogP contribution in [0.2, 0.25) is 0 Å². The van der Waals surface area contributed by atoms with E-state index < -0.39 is 35.4 Å². The van der Waals surface area contributed by atoms with Crippen LogP contribution < -0.4 is 4.74 Å². The number of nitro groups is 1. The third kappa shape index (κ3) is 6.46. The molecule has 0 saturated carbocycles. The highest BCUT2D eigenvalue weighted by atomic mass is 16.7. The summed E-state index contributed by atoms with van der Waals surface area (Å²) in [6, 6.07) is 3.97. The molecule has 1 aliphatic heterocycles. The van der Waals surface area contributed by atoms with Gasteiger partial charge < -0.3 is 24.1 Å². The van der Waals surface area contributed by atoms with E-state index in [0.717, 1.165) is 0 Å². The molecule has 0 radical (unpaired) electrons. The molecular formula is C18H25NO9. The van der Waals surface area contributed by atoms with Gasteiger partial charge in [-0.15, -0.1) is 0 Å². The third-order valence-corrected chi connectivity index (χ3v) is 3.71. The van der Waals surface area contributed by atoms with Crippen molar-refractivity contribution in [1.82, 2.24) is 0 Å². The molecule has 0 aliphatic carbocycles. The van der Waals surface area contributed by atoms with Crippen molar-refractivity contribution in [3.05, 3.63) is 33.9 Å². The second-order valence-corrected chi connectivity index (χ2v) is 5.62. The Balaban J connectivity index is 0.00000190. The van der Waals surface area contributed by atoms with Crippen LogP contribution in [0.4, 0.5) is 5.69 Å². The van der Waals surface area contributed by atoms with Crippen molar-refractivity contribution in [1.29, 1.82) is 0 Å². The molecule has 28 heavy (non-hydrogen) atoms. The summed E-state index contributed by atoms with van der Waals surface area (Å²) in [6.07, 6.45) is -2.57. The number of aliphatic hydroxyl groups excluding tert-OH is 1. The maximum atomic E-state index is 11.8. The maximum Gasteiger partial charge on any atom is 0.335 e. The Morgan fingerprint density at radius 1 is 1.32 bits per heavy atom. The molecule has 10 nitrogen and oxygen atoms in total. The smallest absolute Gasteiger partial charge is 0.335 e. The summed E-state index contributed by atoms with van der Waals surface area (Å²) in [4.78, 5) is 33.5. The molecule has 0 bridgehead atoms. The number of aliphatic hydroxyl groups is 1. The standard InChI is InChI=1S/C16H19NO9.C2H6/c1-9(19)24-11-6-14(16(20)23-2)26-15(7-11)25-13-4-3-10(8-18)5-12(13)17(21)22;1-2/h3-5,11,14-15,18H,6-8H2,1-2H3;1-2H3. The second kappa shape index (κ2) is 11.2. The van der Waals surface area contributed by atoms with Crippen LogP contribution in [0, 0.1) is 10.1 Å². The van der Waals surface area contributed by atoms with Gasteiger partial charge in [-0.05, 0) is 11.6 Å². The Morgan fingerprint density at radius 2 is 2.00 bits per heavy atom. The highest BCUT2D eigenvalue weighted by molar-refractivity contribution is 5.74. The van der Waals surface area contributed by atoms with Crippen LogP contribution in [0.5, 0.6) is 5.75 Å². The fraction of sp³-hybridized carbons (Fsp3) is 0.556. The number of hydrogen-bond acceptors (Lipinski definition) is 9. The van der Waals surface area contributed by atoms with E-state index >= 15 is 0 Å². The summed E-state index contributed by atoms with van der Waals surface area (Å²) < 4.78 is 20.8. The van der Waals surface area contributed by atoms with Gasteiger partial charge in [0.25, 0.3) is 0 Å². The number of carbonyl (C=O) groups excluding carboxylic acids is 2. The van der Waals surface area contributed by atoms with Crippen molar-refractivity contribution < 1.29 is 38.6 Å². The van der Waals surface area contributed by atoms with E-state index in [1.807, 2.05) is 13.8 Å². The average molecular weight is 399 g/mol. The molecule has 10 heteroatoms. The first kappa shape index (κ1) is 23.3. The van der Waals surface area contributed by atoms with Crippen molar-refractivity contribution in [3.63, 3.8) is 0 Å². The molecule has 156 valence electrons. The van der Waals surface area contributed by atoms with Crippen molar-refractivity contribution >= 4 is 17.6 Å². The van der Waals surface area contributed by atoms with Crippen molar-refractivity contribution in [3.8, 4) is 5.75 Å². The zero-order valence-corrected chi connectivity index (χ0v) is 16.2. The van der Waals surface area contributed by atoms with Crippen molar-refractivity contribution in [2.24, 2.45) is 0 Å². The van der Waals surface area contributed by atoms with Gasteiger partial charge in [-0.1, -0.05) is 19.9 Å². The topological polar surface area (TPSA) is 134 Å². The van der Waals surface area contributed by atoms with Crippen LogP contribution in [0.1, 0.15) is 39.2 Å². The SMILES string of the molecule is CC.COC(=O)C1CC(OC(C)=O)CC(Oc2ccc(CO)cc2[N+](=O)[O-])O1. The first-order valence-electron chi connectivity index (χ1n) is 8.79. The molecule has 0 spiro atoms. The molecule has 0 amide bonds. The number of benzene rings is 1. The molecule has 1 aromatic rings. The monoisotopic (exact) mass is 399 g/mol. The molecule has 2 rings (SSSR count). The highest BCUT2D eigenvalue weighted by Crippen LogP contribution is 2.32. The van der Waals surface area contributed by atoms with Gasteiger partial charge in [0.2, 0.25) is 6.29 Å². The zero-order chi connectivity index (χ0) is 21.3. The normalized spacial score (nSPS) is 21.0. The van der Waals surface area contributed by atoms with Gasteiger partial charge in [0.1, 0.15) is 6.10 Å². The largest absolute Gasteiger partial charge is 0.467 e. The van der Waals surface area contributed by atoms with Gasteiger partial charge in [-0.2, -0.15) is 0 Å². The third-order valence-electron chi connectivity index (χ3n) is 3.71. The van der Waals surface area contributed by atoms with Crippen LogP contribution in [-0.4, -0.2) is 47.6 Å². The van der Waals surface area contributed by atoms with Crippen molar-refractivity contribution in [2.75, 3.05) is 7.11 Å². The molecule has 1 aliphatic rings. The van der Waals surface area contributed by atoms with E-state index in [9.17, 15) is 19.7 Å². The number of ether oxygens (including phenoxy) is 4. The molecule has 1 heterocycles. The second-order valence-electron chi connectivity index (χ2n) is 5.62. The fourth-order valence-electron chi connectivity index (χ4n) is 2.58. The molecule has 3 atom stereocenters. The first-order valence-corrected chi connectivity index (χ1v) is 8.79. The van der Waals surface area contributed by atoms with Crippen LogP contribution in [0.15, 0.2) is 18.2 Å². The fourth-order valence-corrected chi connectivity index (χ4v) is 2.58. The summed E-state index contributed by atoms with van der Waals surface area (Å²) in [5, 5.41) is 20.3. The van der Waals surface area contributed by atoms with Crippen LogP contribution in [0.3, 0.4) is 0 Å². The van der Waals surface area contributed by atoms with Gasteiger partial charge in [0.05, 0.1) is 18.6 Å². The number of esters is 2. The number of nitrogens with zero attached hydrogens (tertiary/aromatic N) is 1. The summed E-state index contributed by atoms with van der Waals surface area (Å²) in [7, 11) is 1.19. The lowest BCUT2D eigenvalue weighted by Gasteiger charge is -2.33. The lowest BCUT2D eigenvalue weighted by molar-refractivity contribution is -0.386. The van der Waals surface area contributed by atoms with Gasteiger partial charge in [-0.3, -0.25) is 14.9 Å². The summed E-state index contributed by atoms with van der Waals surface area (Å²) >= 11 is 0. The Morgan fingerprint density at radius 3 is 2.54 bits per heavy atom. The molecule has 0 aromatic heterocycles. The highest BCUT2D eigenvalue weighted by Gasteiger charge is 2.37. The predicted molar refractivity (Wildman–Crippen MR) is 96.5 cm³/mol. The van der Waals surface area contributed by atoms with E-state index in [-0.39, 0.29) is 30.9 Å². The number of carbonyl (C=O) groups is 2. The predicted octanol–water partition coefficient (Wildman–Crippen LogP) is 2.10. The summed E-state index contributed by atoms with van der Waals surface area (Å²) in [6.45, 7) is 4.87. The van der Waals surface area contributed by atoms with Crippen molar-refractivity contribution in [2.45, 2.75) is 58.7 Å². The average Bonchev–Trinajstić information content (AvgIpc) is 2.68. The Kier molecular flexibility index (Phi) is 9.33. The Hall–Kier alpha value is -2.72. The van der Waals surface area contributed by atoms with E-state index in [4.69, 9.17) is 19.3 Å². The van der Waals surface area contributed by atoms with Crippen LogP contribution >= 0.6 is 0 Å². The molecule has 1 aromatic carbocycles. The quantitative estimate of drug-likeness (QED) is 0.433. The van der Waals surface area contributed by atoms with Gasteiger partial charge in [0, 0.05) is 25.8 Å². The van der Waals surface area contributed by atoms with Gasteiger partial charge in [-0.25, -0.2) is 4.79 Å². The minimum atomic E-state index is -1.06. The van der Waals surface area contributed by atoms with Gasteiger partial charge in [0.15, 0.2) is 11.9 Å². The zero-order valence-electron chi connectivity index (χ0n) is 16.2. The Bertz CT molecular complexity index is 692. The van der Waals surface area contributed by atoms with Gasteiger partial charge >= 0.3 is 17.6 Å². The van der Waals surface area contributed by atoms with E-state index in [1.165, 1.54) is 32.2 Å². The lowest BCUT2D eigenvalue weighted by atomic mass is 10.0. The van der Waals surface area contributed by atoms with E-state index in [2.05, 4.69) is 4.74 Å². The molecule has 1 fully saturated rings. The summed E-state index contributed by atoms with van der Waals surface area (Å²) in [5.74, 6) is -1.29. The maximum absolute atomic E-state index is 11.8. The van der Waals surface area contributed by atoms with Crippen LogP contribution in [-0.2, 0) is 30.4 Å². The number of nitro benzene ring substituents is 1. The first-order chi connectivity index (χ1) is 13.3. The lowest BCUT2D eigenvalue weighted by Crippen LogP contribution is -2.44. The Labute approximate surface area is 162 Å². The van der Waals surface area contributed by atoms with E-state index in [1.54, 1.807) is 0 Å². The number of hydrogen-bond donors (Lipinski definition) is 1. The number of rotatable bonds is 6. The minimum Gasteiger partial charge on any atom is -0.467 e.